The summed E-state index contributed by atoms with van der Waals surface area (Å²) in [4.78, 5) is 46.1. The predicted octanol–water partition coefficient (Wildman–Crippen LogP) is 4.68. The van der Waals surface area contributed by atoms with Gasteiger partial charge in [-0.05, 0) is 51.7 Å². The summed E-state index contributed by atoms with van der Waals surface area (Å²) < 4.78 is 5.22. The van der Waals surface area contributed by atoms with Gasteiger partial charge in [0.15, 0.2) is 0 Å². The van der Waals surface area contributed by atoms with Crippen molar-refractivity contribution >= 4 is 35.0 Å². The predicted molar refractivity (Wildman–Crippen MR) is 130 cm³/mol. The minimum atomic E-state index is -0.690. The molecule has 2 amide bonds. The van der Waals surface area contributed by atoms with Crippen molar-refractivity contribution in [3.8, 4) is 0 Å². The van der Waals surface area contributed by atoms with Gasteiger partial charge in [0, 0.05) is 25.7 Å². The number of hydrogen-bond acceptors (Lipinski definition) is 8. The molecule has 34 heavy (non-hydrogen) atoms. The van der Waals surface area contributed by atoms with E-state index < -0.39 is 16.6 Å². The van der Waals surface area contributed by atoms with Gasteiger partial charge in [-0.1, -0.05) is 13.8 Å². The fourth-order valence-electron chi connectivity index (χ4n) is 3.35. The van der Waals surface area contributed by atoms with Crippen LogP contribution in [0.25, 0.3) is 0 Å². The number of nitrogens with one attached hydrogen (secondary N) is 2. The Bertz CT molecular complexity index is 1090. The molecule has 0 aliphatic carbocycles. The summed E-state index contributed by atoms with van der Waals surface area (Å²) in [5.41, 5.74) is 0.603. The third-order valence-electron chi connectivity index (χ3n) is 4.57. The summed E-state index contributed by atoms with van der Waals surface area (Å²) in [6.07, 6.45) is 0.869. The molecule has 1 aromatic heterocycles. The maximum Gasteiger partial charge on any atom is 0.413 e. The summed E-state index contributed by atoms with van der Waals surface area (Å²) >= 11 is 0. The second-order valence-electron chi connectivity index (χ2n) is 9.54. The van der Waals surface area contributed by atoms with Gasteiger partial charge in [0.2, 0.25) is 0 Å². The Kier molecular flexibility index (Phi) is 8.14. The van der Waals surface area contributed by atoms with E-state index in [0.29, 0.717) is 23.1 Å². The Balaban J connectivity index is 2.52. The summed E-state index contributed by atoms with van der Waals surface area (Å²) in [5.74, 6) is 0.165. The number of ether oxygens (including phenoxy) is 1. The Labute approximate surface area is 199 Å². The molecule has 0 bridgehead atoms. The largest absolute Gasteiger partial charge is 0.444 e. The normalized spacial score (nSPS) is 11.2. The van der Waals surface area contributed by atoms with E-state index in [1.165, 1.54) is 17.3 Å². The summed E-state index contributed by atoms with van der Waals surface area (Å²) in [7, 11) is 3.22. The lowest BCUT2D eigenvalue weighted by Crippen LogP contribution is -2.27. The average molecular weight is 473 g/mol. The van der Waals surface area contributed by atoms with Crippen LogP contribution in [0.5, 0.6) is 0 Å². The number of aryl methyl sites for hydroxylation is 1. The van der Waals surface area contributed by atoms with Crippen LogP contribution in [0, 0.1) is 23.0 Å². The Hall–Kier alpha value is -3.76. The van der Waals surface area contributed by atoms with E-state index in [-0.39, 0.29) is 34.8 Å². The van der Waals surface area contributed by atoms with Crippen molar-refractivity contribution in [1.29, 1.82) is 0 Å². The Morgan fingerprint density at radius 2 is 1.79 bits per heavy atom. The molecular weight excluding hydrogens is 440 g/mol. The first-order valence-corrected chi connectivity index (χ1v) is 10.8. The Morgan fingerprint density at radius 1 is 1.18 bits per heavy atom. The lowest BCUT2D eigenvalue weighted by Gasteiger charge is -2.20. The lowest BCUT2D eigenvalue weighted by atomic mass is 9.91. The highest BCUT2D eigenvalue weighted by Crippen LogP contribution is 2.37. The van der Waals surface area contributed by atoms with Crippen LogP contribution in [0.2, 0.25) is 0 Å². The van der Waals surface area contributed by atoms with E-state index in [1.807, 2.05) is 13.8 Å². The molecule has 1 heterocycles. The van der Waals surface area contributed by atoms with Crippen molar-refractivity contribution in [2.45, 2.75) is 53.6 Å². The number of hydrogen-bond donors (Lipinski definition) is 2. The highest BCUT2D eigenvalue weighted by molar-refractivity contribution is 5.99. The zero-order chi connectivity index (χ0) is 25.8. The smallest absolute Gasteiger partial charge is 0.413 e. The number of carbonyl (C=O) groups is 2. The molecular formula is C23H32N6O5. The van der Waals surface area contributed by atoms with Gasteiger partial charge in [0.05, 0.1) is 10.5 Å². The number of anilines is 3. The van der Waals surface area contributed by atoms with Crippen molar-refractivity contribution < 1.29 is 19.2 Å². The first kappa shape index (κ1) is 26.5. The molecule has 0 atom stereocenters. The van der Waals surface area contributed by atoms with Crippen LogP contribution in [-0.2, 0) is 11.2 Å². The molecule has 0 aliphatic rings. The van der Waals surface area contributed by atoms with Crippen molar-refractivity contribution in [2.24, 2.45) is 5.92 Å². The van der Waals surface area contributed by atoms with E-state index in [4.69, 9.17) is 4.74 Å². The van der Waals surface area contributed by atoms with Gasteiger partial charge in [-0.15, -0.1) is 0 Å². The van der Waals surface area contributed by atoms with Gasteiger partial charge < -0.3 is 15.0 Å². The molecule has 0 fully saturated rings. The van der Waals surface area contributed by atoms with Crippen LogP contribution in [0.15, 0.2) is 18.5 Å². The minimum absolute atomic E-state index is 0.0748. The molecule has 184 valence electrons. The van der Waals surface area contributed by atoms with Crippen LogP contribution >= 0.6 is 0 Å². The fraction of sp³-hybridized carbons (Fsp3) is 0.478. The molecule has 1 aromatic carbocycles. The molecule has 0 unspecified atom stereocenters. The number of carbonyl (C=O) groups excluding carboxylic acids is 2. The first-order chi connectivity index (χ1) is 15.7. The quantitative estimate of drug-likeness (QED) is 0.437. The SMILES string of the molecule is Cc1cc(Nc2cc(NC(=O)OC(C)(C)C)ncn2)c([N+](=O)[O-])c(CC(C)C)c1C(=O)N(C)C. The number of amides is 2. The maximum atomic E-state index is 12.9. The highest BCUT2D eigenvalue weighted by Gasteiger charge is 2.30. The van der Waals surface area contributed by atoms with Crippen molar-refractivity contribution in [3.63, 3.8) is 0 Å². The zero-order valence-corrected chi connectivity index (χ0v) is 20.8. The van der Waals surface area contributed by atoms with E-state index >= 15 is 0 Å². The second-order valence-corrected chi connectivity index (χ2v) is 9.54. The van der Waals surface area contributed by atoms with Crippen molar-refractivity contribution in [2.75, 3.05) is 24.7 Å². The Morgan fingerprint density at radius 3 is 2.32 bits per heavy atom. The van der Waals surface area contributed by atoms with Gasteiger partial charge in [-0.25, -0.2) is 14.8 Å². The highest BCUT2D eigenvalue weighted by atomic mass is 16.6. The fourth-order valence-corrected chi connectivity index (χ4v) is 3.35. The van der Waals surface area contributed by atoms with Crippen LogP contribution < -0.4 is 10.6 Å². The molecule has 11 nitrogen and oxygen atoms in total. The van der Waals surface area contributed by atoms with E-state index in [9.17, 15) is 19.7 Å². The summed E-state index contributed by atoms with van der Waals surface area (Å²) in [6, 6.07) is 2.99. The number of benzene rings is 1. The molecule has 0 saturated carbocycles. The number of rotatable bonds is 7. The number of nitro groups is 1. The van der Waals surface area contributed by atoms with Gasteiger partial charge >= 0.3 is 6.09 Å². The van der Waals surface area contributed by atoms with Crippen LogP contribution in [0.4, 0.5) is 27.8 Å². The minimum Gasteiger partial charge on any atom is -0.444 e. The molecule has 0 spiro atoms. The van der Waals surface area contributed by atoms with Crippen molar-refractivity contribution in [1.82, 2.24) is 14.9 Å². The lowest BCUT2D eigenvalue weighted by molar-refractivity contribution is -0.384. The molecule has 2 aromatic rings. The molecule has 11 heteroatoms. The van der Waals surface area contributed by atoms with E-state index in [0.717, 1.165) is 0 Å². The monoisotopic (exact) mass is 472 g/mol. The molecule has 2 N–H and O–H groups in total. The standard InChI is InChI=1S/C23H32N6O5/c1-13(2)9-15-19(21(30)28(7)8)14(3)10-16(20(15)29(32)33)26-17-11-18(25-12-24-17)27-22(31)34-23(4,5)6/h10-13H,9H2,1-8H3,(H2,24,25,26,27,31). The number of nitro benzene ring substituents is 1. The summed E-state index contributed by atoms with van der Waals surface area (Å²) in [5, 5.41) is 17.6. The zero-order valence-electron chi connectivity index (χ0n) is 20.8. The van der Waals surface area contributed by atoms with Crippen molar-refractivity contribution in [3.05, 3.63) is 45.3 Å². The average Bonchev–Trinajstić information content (AvgIpc) is 2.65. The topological polar surface area (TPSA) is 140 Å². The van der Waals surface area contributed by atoms with Gasteiger partial charge in [0.25, 0.3) is 11.6 Å². The van der Waals surface area contributed by atoms with E-state index in [1.54, 1.807) is 47.9 Å². The third kappa shape index (κ3) is 6.87. The second kappa shape index (κ2) is 10.4. The third-order valence-corrected chi connectivity index (χ3v) is 4.57. The van der Waals surface area contributed by atoms with Gasteiger partial charge in [-0.2, -0.15) is 0 Å². The molecule has 2 rings (SSSR count). The molecule has 0 radical (unpaired) electrons. The first-order valence-electron chi connectivity index (χ1n) is 10.8. The van der Waals surface area contributed by atoms with Gasteiger partial charge in [-0.3, -0.25) is 20.2 Å². The summed E-state index contributed by atoms with van der Waals surface area (Å²) in [6.45, 7) is 10.8. The number of nitrogens with zero attached hydrogens (tertiary/aromatic N) is 4. The molecule has 0 saturated heterocycles. The maximum absolute atomic E-state index is 12.9. The van der Waals surface area contributed by atoms with E-state index in [2.05, 4.69) is 20.6 Å². The number of aromatic nitrogens is 2. The van der Waals surface area contributed by atoms with Gasteiger partial charge in [0.1, 0.15) is 29.3 Å². The van der Waals surface area contributed by atoms with Crippen LogP contribution in [0.3, 0.4) is 0 Å². The van der Waals surface area contributed by atoms with Crippen LogP contribution in [0.1, 0.15) is 56.1 Å². The van der Waals surface area contributed by atoms with Crippen LogP contribution in [-0.4, -0.2) is 51.5 Å². The molecule has 0 aliphatic heterocycles.